The molecule has 140 valence electrons. The van der Waals surface area contributed by atoms with Gasteiger partial charge in [0.15, 0.2) is 0 Å². The molecule has 0 saturated carbocycles. The number of carbonyl (C=O) groups is 2. The standard InChI is InChI=1S/C22H16BrNO3S/c1-12(22(26)27)16-11-19(28-21(16)23)20(25)15-8-7-14-9-17(24-18(14)10-15)13-5-3-2-4-6-13/h2-12,24H,1H3,(H,26,27). The molecule has 0 radical (unpaired) electrons. The van der Waals surface area contributed by atoms with Crippen molar-refractivity contribution in [3.8, 4) is 11.3 Å². The van der Waals surface area contributed by atoms with Crippen molar-refractivity contribution in [2.75, 3.05) is 0 Å². The Kier molecular flexibility index (Phi) is 4.91. The molecule has 0 aliphatic rings. The number of hydrogen-bond acceptors (Lipinski definition) is 3. The van der Waals surface area contributed by atoms with Gasteiger partial charge in [-0.25, -0.2) is 0 Å². The summed E-state index contributed by atoms with van der Waals surface area (Å²) in [6, 6.07) is 19.3. The predicted octanol–water partition coefficient (Wildman–Crippen LogP) is 6.08. The molecule has 0 aliphatic heterocycles. The smallest absolute Gasteiger partial charge is 0.310 e. The zero-order valence-electron chi connectivity index (χ0n) is 14.9. The highest BCUT2D eigenvalue weighted by atomic mass is 79.9. The number of halogens is 1. The number of carbonyl (C=O) groups excluding carboxylic acids is 1. The third-order valence-electron chi connectivity index (χ3n) is 4.74. The normalized spacial score (nSPS) is 12.2. The number of fused-ring (bicyclic) bond motifs is 1. The quantitative estimate of drug-likeness (QED) is 0.359. The number of aliphatic carboxylic acids is 1. The van der Waals surface area contributed by atoms with Crippen molar-refractivity contribution < 1.29 is 14.7 Å². The van der Waals surface area contributed by atoms with Gasteiger partial charge in [0.25, 0.3) is 0 Å². The Labute approximate surface area is 174 Å². The van der Waals surface area contributed by atoms with Crippen LogP contribution in [0.4, 0.5) is 0 Å². The molecule has 4 aromatic rings. The van der Waals surface area contributed by atoms with Crippen LogP contribution < -0.4 is 0 Å². The zero-order valence-corrected chi connectivity index (χ0v) is 17.3. The summed E-state index contributed by atoms with van der Waals surface area (Å²) in [6.45, 7) is 1.61. The largest absolute Gasteiger partial charge is 0.481 e. The van der Waals surface area contributed by atoms with Crippen LogP contribution in [0, 0.1) is 0 Å². The van der Waals surface area contributed by atoms with Gasteiger partial charge in [-0.1, -0.05) is 42.5 Å². The number of nitrogens with one attached hydrogen (secondary N) is 1. The fraction of sp³-hybridized carbons (Fsp3) is 0.0909. The lowest BCUT2D eigenvalue weighted by molar-refractivity contribution is -0.138. The van der Waals surface area contributed by atoms with Gasteiger partial charge < -0.3 is 10.1 Å². The van der Waals surface area contributed by atoms with E-state index in [1.54, 1.807) is 19.1 Å². The van der Waals surface area contributed by atoms with E-state index in [-0.39, 0.29) is 5.78 Å². The van der Waals surface area contributed by atoms with Gasteiger partial charge in [0.05, 0.1) is 14.6 Å². The van der Waals surface area contributed by atoms with Crippen molar-refractivity contribution in [2.45, 2.75) is 12.8 Å². The van der Waals surface area contributed by atoms with Crippen LogP contribution in [-0.2, 0) is 4.79 Å². The van der Waals surface area contributed by atoms with Gasteiger partial charge in [-0.2, -0.15) is 0 Å². The number of thiophene rings is 1. The number of aromatic nitrogens is 1. The summed E-state index contributed by atoms with van der Waals surface area (Å²) < 4.78 is 0.679. The lowest BCUT2D eigenvalue weighted by atomic mass is 10.0. The molecule has 0 saturated heterocycles. The highest BCUT2D eigenvalue weighted by Gasteiger charge is 2.22. The van der Waals surface area contributed by atoms with Crippen LogP contribution >= 0.6 is 27.3 Å². The van der Waals surface area contributed by atoms with Gasteiger partial charge >= 0.3 is 5.97 Å². The van der Waals surface area contributed by atoms with E-state index in [1.807, 2.05) is 42.5 Å². The second-order valence-corrected chi connectivity index (χ2v) is 8.95. The summed E-state index contributed by atoms with van der Waals surface area (Å²) in [7, 11) is 0. The molecule has 0 fully saturated rings. The number of benzene rings is 2. The summed E-state index contributed by atoms with van der Waals surface area (Å²) in [5.74, 6) is -1.71. The molecule has 2 aromatic carbocycles. The molecule has 2 N–H and O–H groups in total. The number of carboxylic acid groups (broad SMARTS) is 1. The van der Waals surface area contributed by atoms with E-state index >= 15 is 0 Å². The van der Waals surface area contributed by atoms with Gasteiger partial charge in [-0.05, 0) is 52.2 Å². The summed E-state index contributed by atoms with van der Waals surface area (Å²) in [4.78, 5) is 28.1. The van der Waals surface area contributed by atoms with Crippen LogP contribution in [0.15, 0.2) is 64.5 Å². The Morgan fingerprint density at radius 2 is 1.82 bits per heavy atom. The van der Waals surface area contributed by atoms with Crippen LogP contribution in [0.3, 0.4) is 0 Å². The van der Waals surface area contributed by atoms with Gasteiger partial charge in [-0.15, -0.1) is 11.3 Å². The first kappa shape index (κ1) is 18.7. The molecule has 28 heavy (non-hydrogen) atoms. The Bertz CT molecular complexity index is 1190. The molecule has 1 unspecified atom stereocenters. The maximum Gasteiger partial charge on any atom is 0.310 e. The molecule has 0 amide bonds. The minimum absolute atomic E-state index is 0.118. The van der Waals surface area contributed by atoms with Crippen molar-refractivity contribution in [1.29, 1.82) is 0 Å². The SMILES string of the molecule is CC(C(=O)O)c1cc(C(=O)c2ccc3cc(-c4ccccc4)[nH]c3c2)sc1Br. The molecule has 1 atom stereocenters. The number of ketones is 1. The average Bonchev–Trinajstić information content (AvgIpc) is 3.30. The molecule has 4 nitrogen and oxygen atoms in total. The Hall–Kier alpha value is -2.70. The van der Waals surface area contributed by atoms with Crippen LogP contribution in [0.25, 0.3) is 22.2 Å². The molecular formula is C22H16BrNO3S. The fourth-order valence-electron chi connectivity index (χ4n) is 3.11. The van der Waals surface area contributed by atoms with Crippen LogP contribution in [-0.4, -0.2) is 21.8 Å². The predicted molar refractivity (Wildman–Crippen MR) is 115 cm³/mol. The first-order valence-corrected chi connectivity index (χ1v) is 10.3. The van der Waals surface area contributed by atoms with E-state index in [0.29, 0.717) is 19.8 Å². The number of rotatable bonds is 5. The first-order chi connectivity index (χ1) is 13.4. The van der Waals surface area contributed by atoms with Crippen molar-refractivity contribution in [2.24, 2.45) is 0 Å². The second-order valence-electron chi connectivity index (χ2n) is 6.58. The molecule has 4 rings (SSSR count). The second kappa shape index (κ2) is 7.37. The summed E-state index contributed by atoms with van der Waals surface area (Å²) in [5, 5.41) is 10.3. The van der Waals surface area contributed by atoms with Gasteiger partial charge in [-0.3, -0.25) is 9.59 Å². The van der Waals surface area contributed by atoms with Crippen LogP contribution in [0.2, 0.25) is 0 Å². The highest BCUT2D eigenvalue weighted by Crippen LogP contribution is 2.35. The van der Waals surface area contributed by atoms with Gasteiger partial charge in [0.2, 0.25) is 5.78 Å². The molecular weight excluding hydrogens is 438 g/mol. The number of H-pyrrole nitrogens is 1. The van der Waals surface area contributed by atoms with E-state index in [2.05, 4.69) is 27.0 Å². The summed E-state index contributed by atoms with van der Waals surface area (Å²) >= 11 is 4.66. The topological polar surface area (TPSA) is 70.2 Å². The number of aromatic amines is 1. The van der Waals surface area contributed by atoms with Crippen molar-refractivity contribution in [3.63, 3.8) is 0 Å². The monoisotopic (exact) mass is 453 g/mol. The molecule has 0 aliphatic carbocycles. The maximum absolute atomic E-state index is 13.0. The van der Waals surface area contributed by atoms with Crippen LogP contribution in [0.5, 0.6) is 0 Å². The third-order valence-corrected chi connectivity index (χ3v) is 6.62. The molecule has 6 heteroatoms. The Morgan fingerprint density at radius 3 is 2.54 bits per heavy atom. The minimum atomic E-state index is -0.918. The molecule has 0 bridgehead atoms. The van der Waals surface area contributed by atoms with E-state index < -0.39 is 11.9 Å². The molecule has 0 spiro atoms. The average molecular weight is 454 g/mol. The van der Waals surface area contributed by atoms with Crippen molar-refractivity contribution in [3.05, 3.63) is 80.5 Å². The fourth-order valence-corrected chi connectivity index (χ4v) is 5.03. The van der Waals surface area contributed by atoms with Crippen molar-refractivity contribution in [1.82, 2.24) is 4.98 Å². The van der Waals surface area contributed by atoms with Gasteiger partial charge in [0.1, 0.15) is 0 Å². The summed E-state index contributed by atoms with van der Waals surface area (Å²) in [6.07, 6.45) is 0. The zero-order chi connectivity index (χ0) is 19.8. The van der Waals surface area contributed by atoms with Crippen LogP contribution in [0.1, 0.15) is 33.6 Å². The number of hydrogen-bond donors (Lipinski definition) is 2. The minimum Gasteiger partial charge on any atom is -0.481 e. The maximum atomic E-state index is 13.0. The molecule has 2 aromatic heterocycles. The van der Waals surface area contributed by atoms with E-state index in [1.165, 1.54) is 11.3 Å². The van der Waals surface area contributed by atoms with E-state index in [0.717, 1.165) is 22.2 Å². The highest BCUT2D eigenvalue weighted by molar-refractivity contribution is 9.11. The lowest BCUT2D eigenvalue weighted by Gasteiger charge is -2.03. The third kappa shape index (κ3) is 3.41. The lowest BCUT2D eigenvalue weighted by Crippen LogP contribution is -2.07. The Balaban J connectivity index is 1.68. The van der Waals surface area contributed by atoms with Crippen molar-refractivity contribution >= 4 is 49.9 Å². The number of carboxylic acids is 1. The summed E-state index contributed by atoms with van der Waals surface area (Å²) in [5.41, 5.74) is 4.16. The Morgan fingerprint density at radius 1 is 1.07 bits per heavy atom. The van der Waals surface area contributed by atoms with E-state index in [9.17, 15) is 14.7 Å². The van der Waals surface area contributed by atoms with E-state index in [4.69, 9.17) is 0 Å². The molecule has 2 heterocycles. The first-order valence-electron chi connectivity index (χ1n) is 8.69. The van der Waals surface area contributed by atoms with Gasteiger partial charge in [0, 0.05) is 22.2 Å².